The largest absolute Gasteiger partial charge is 0.302 e. The van der Waals surface area contributed by atoms with Gasteiger partial charge in [0, 0.05) is 27.3 Å². The van der Waals surface area contributed by atoms with Crippen LogP contribution in [0.1, 0.15) is 20.9 Å². The van der Waals surface area contributed by atoms with Crippen molar-refractivity contribution >= 4 is 45.6 Å². The number of carbonyl (C=O) groups is 1. The third-order valence-corrected chi connectivity index (χ3v) is 6.46. The van der Waals surface area contributed by atoms with Gasteiger partial charge in [-0.05, 0) is 48.5 Å². The smallest absolute Gasteiger partial charge is 0.278 e. The van der Waals surface area contributed by atoms with Gasteiger partial charge in [0.15, 0.2) is 0 Å². The lowest BCUT2D eigenvalue weighted by molar-refractivity contribution is 0.0980. The van der Waals surface area contributed by atoms with Crippen molar-refractivity contribution in [1.82, 2.24) is 15.0 Å². The van der Waals surface area contributed by atoms with Crippen LogP contribution in [0.2, 0.25) is 5.02 Å². The molecule has 2 aromatic heterocycles. The van der Waals surface area contributed by atoms with E-state index in [0.717, 1.165) is 21.0 Å². The lowest BCUT2D eigenvalue weighted by Crippen LogP contribution is -2.31. The number of halogens is 1. The van der Waals surface area contributed by atoms with Crippen LogP contribution in [0.5, 0.6) is 0 Å². The molecule has 3 aromatic carbocycles. The standard InChI is InChI=1S/C26H16ClN5OS/c27-19-9-7-18(8-10-19)25-30-14-21(34-25)16-32(20-11-5-17(13-28)6-12-20)26(33)24-15-29-22-3-1-2-4-23(22)31-24/h1-12,14-15H,16H2. The average Bonchev–Trinajstić information content (AvgIpc) is 3.36. The zero-order chi connectivity index (χ0) is 23.5. The van der Waals surface area contributed by atoms with Gasteiger partial charge in [0.2, 0.25) is 0 Å². The zero-order valence-corrected chi connectivity index (χ0v) is 19.3. The quantitative estimate of drug-likeness (QED) is 0.301. The molecule has 6 nitrogen and oxygen atoms in total. The summed E-state index contributed by atoms with van der Waals surface area (Å²) in [5, 5.41) is 10.7. The fourth-order valence-corrected chi connectivity index (χ4v) is 4.49. The molecule has 2 heterocycles. The molecule has 0 saturated carbocycles. The first-order chi connectivity index (χ1) is 16.6. The highest BCUT2D eigenvalue weighted by Crippen LogP contribution is 2.29. The predicted molar refractivity (Wildman–Crippen MR) is 134 cm³/mol. The van der Waals surface area contributed by atoms with E-state index in [1.165, 1.54) is 17.5 Å². The molecule has 0 aliphatic heterocycles. The summed E-state index contributed by atoms with van der Waals surface area (Å²) in [5.74, 6) is -0.288. The van der Waals surface area contributed by atoms with E-state index in [0.29, 0.717) is 28.3 Å². The number of amides is 1. The van der Waals surface area contributed by atoms with Gasteiger partial charge in [0.1, 0.15) is 10.7 Å². The number of fused-ring (bicyclic) bond motifs is 1. The molecule has 0 aliphatic carbocycles. The lowest BCUT2D eigenvalue weighted by Gasteiger charge is -2.22. The van der Waals surface area contributed by atoms with Crippen LogP contribution in [0, 0.1) is 11.3 Å². The zero-order valence-electron chi connectivity index (χ0n) is 17.7. The Morgan fingerprint density at radius 2 is 1.68 bits per heavy atom. The van der Waals surface area contributed by atoms with Gasteiger partial charge in [-0.1, -0.05) is 35.9 Å². The normalized spacial score (nSPS) is 10.7. The Hall–Kier alpha value is -4.12. The lowest BCUT2D eigenvalue weighted by atomic mass is 10.2. The second-order valence-corrected chi connectivity index (χ2v) is 8.98. The van der Waals surface area contributed by atoms with Crippen LogP contribution in [0.15, 0.2) is 85.2 Å². The summed E-state index contributed by atoms with van der Waals surface area (Å²) in [4.78, 5) is 29.6. The molecule has 0 fully saturated rings. The van der Waals surface area contributed by atoms with Gasteiger partial charge >= 0.3 is 0 Å². The van der Waals surface area contributed by atoms with E-state index in [2.05, 4.69) is 21.0 Å². The minimum atomic E-state index is -0.288. The summed E-state index contributed by atoms with van der Waals surface area (Å²) >= 11 is 7.50. The third kappa shape index (κ3) is 4.50. The summed E-state index contributed by atoms with van der Waals surface area (Å²) in [5.41, 5.74) is 3.74. The minimum Gasteiger partial charge on any atom is -0.302 e. The van der Waals surface area contributed by atoms with Crippen molar-refractivity contribution in [1.29, 1.82) is 5.26 Å². The summed E-state index contributed by atoms with van der Waals surface area (Å²) in [6.07, 6.45) is 3.26. The fraction of sp³-hybridized carbons (Fsp3) is 0.0385. The SMILES string of the molecule is N#Cc1ccc(N(Cc2cnc(-c3ccc(Cl)cc3)s2)C(=O)c2cnc3ccccc3n2)cc1. The molecular weight excluding hydrogens is 466 g/mol. The predicted octanol–water partition coefficient (Wildman–Crippen LogP) is 6.13. The number of benzene rings is 3. The number of anilines is 1. The van der Waals surface area contributed by atoms with Crippen molar-refractivity contribution in [3.63, 3.8) is 0 Å². The number of nitrogens with zero attached hydrogens (tertiary/aromatic N) is 5. The van der Waals surface area contributed by atoms with Crippen LogP contribution < -0.4 is 4.90 Å². The van der Waals surface area contributed by atoms with E-state index in [4.69, 9.17) is 16.9 Å². The molecule has 0 aliphatic rings. The highest BCUT2D eigenvalue weighted by Gasteiger charge is 2.22. The highest BCUT2D eigenvalue weighted by atomic mass is 35.5. The molecule has 0 unspecified atom stereocenters. The van der Waals surface area contributed by atoms with Gasteiger partial charge in [-0.2, -0.15) is 5.26 Å². The molecule has 164 valence electrons. The van der Waals surface area contributed by atoms with Gasteiger partial charge in [-0.25, -0.2) is 9.97 Å². The molecule has 34 heavy (non-hydrogen) atoms. The van der Waals surface area contributed by atoms with Crippen LogP contribution in [0.4, 0.5) is 5.69 Å². The van der Waals surface area contributed by atoms with Crippen LogP contribution in [-0.4, -0.2) is 20.9 Å². The van der Waals surface area contributed by atoms with E-state index in [-0.39, 0.29) is 11.6 Å². The molecular formula is C26H16ClN5OS. The Bertz CT molecular complexity index is 1520. The number of nitriles is 1. The second kappa shape index (κ2) is 9.40. The Morgan fingerprint density at radius 1 is 0.941 bits per heavy atom. The van der Waals surface area contributed by atoms with E-state index < -0.39 is 0 Å². The summed E-state index contributed by atoms with van der Waals surface area (Å²) < 4.78 is 0. The van der Waals surface area contributed by atoms with Crippen LogP contribution in [0.3, 0.4) is 0 Å². The maximum atomic E-state index is 13.6. The monoisotopic (exact) mass is 481 g/mol. The second-order valence-electron chi connectivity index (χ2n) is 7.43. The summed E-state index contributed by atoms with van der Waals surface area (Å²) in [6, 6.07) is 23.9. The Labute approximate surface area is 204 Å². The molecule has 5 rings (SSSR count). The first kappa shape index (κ1) is 21.7. The number of hydrogen-bond donors (Lipinski definition) is 0. The number of rotatable bonds is 5. The minimum absolute atomic E-state index is 0.241. The van der Waals surface area contributed by atoms with E-state index in [1.807, 2.05) is 48.5 Å². The topological polar surface area (TPSA) is 82.8 Å². The number of thiazole rings is 1. The average molecular weight is 482 g/mol. The van der Waals surface area contributed by atoms with Crippen molar-refractivity contribution in [2.75, 3.05) is 4.90 Å². The molecule has 0 bridgehead atoms. The number of carbonyl (C=O) groups excluding carboxylic acids is 1. The van der Waals surface area contributed by atoms with Gasteiger partial charge in [0.05, 0.1) is 35.4 Å². The van der Waals surface area contributed by atoms with Gasteiger partial charge in [-0.3, -0.25) is 9.78 Å². The molecule has 8 heteroatoms. The van der Waals surface area contributed by atoms with E-state index in [9.17, 15) is 4.79 Å². The van der Waals surface area contributed by atoms with Crippen LogP contribution >= 0.6 is 22.9 Å². The van der Waals surface area contributed by atoms with Gasteiger partial charge < -0.3 is 4.90 Å². The van der Waals surface area contributed by atoms with Crippen LogP contribution in [-0.2, 0) is 6.54 Å². The Kier molecular flexibility index (Phi) is 6.00. The van der Waals surface area contributed by atoms with E-state index >= 15 is 0 Å². The van der Waals surface area contributed by atoms with Crippen molar-refractivity contribution in [2.24, 2.45) is 0 Å². The molecule has 0 N–H and O–H groups in total. The maximum absolute atomic E-state index is 13.6. The van der Waals surface area contributed by atoms with Crippen molar-refractivity contribution in [2.45, 2.75) is 6.54 Å². The Balaban J connectivity index is 1.49. The van der Waals surface area contributed by atoms with Gasteiger partial charge in [-0.15, -0.1) is 11.3 Å². The Morgan fingerprint density at radius 3 is 2.41 bits per heavy atom. The maximum Gasteiger partial charge on any atom is 0.278 e. The van der Waals surface area contributed by atoms with Gasteiger partial charge in [0.25, 0.3) is 5.91 Å². The molecule has 1 amide bonds. The van der Waals surface area contributed by atoms with Crippen molar-refractivity contribution < 1.29 is 4.79 Å². The molecule has 0 atom stereocenters. The number of hydrogen-bond acceptors (Lipinski definition) is 6. The summed E-state index contributed by atoms with van der Waals surface area (Å²) in [7, 11) is 0. The molecule has 0 spiro atoms. The first-order valence-corrected chi connectivity index (χ1v) is 11.5. The molecule has 0 saturated heterocycles. The molecule has 0 radical (unpaired) electrons. The fourth-order valence-electron chi connectivity index (χ4n) is 3.46. The number of para-hydroxylation sites is 2. The van der Waals surface area contributed by atoms with E-state index in [1.54, 1.807) is 35.4 Å². The van der Waals surface area contributed by atoms with Crippen molar-refractivity contribution in [3.05, 3.63) is 106 Å². The van der Waals surface area contributed by atoms with Crippen LogP contribution in [0.25, 0.3) is 21.6 Å². The highest BCUT2D eigenvalue weighted by molar-refractivity contribution is 7.15. The summed E-state index contributed by atoms with van der Waals surface area (Å²) in [6.45, 7) is 0.296. The van der Waals surface area contributed by atoms with Crippen molar-refractivity contribution in [3.8, 4) is 16.6 Å². The third-order valence-electron chi connectivity index (χ3n) is 5.18. The molecule has 5 aromatic rings. The first-order valence-electron chi connectivity index (χ1n) is 10.4. The number of aromatic nitrogens is 3.